The van der Waals surface area contributed by atoms with E-state index in [1.54, 1.807) is 7.11 Å². The molecule has 4 nitrogen and oxygen atoms in total. The van der Waals surface area contributed by atoms with Crippen LogP contribution in [-0.2, 0) is 9.53 Å². The van der Waals surface area contributed by atoms with Gasteiger partial charge in [-0.2, -0.15) is 0 Å². The molecule has 0 spiro atoms. The van der Waals surface area contributed by atoms with Crippen molar-refractivity contribution in [3.8, 4) is 0 Å². The van der Waals surface area contributed by atoms with Crippen LogP contribution in [-0.4, -0.2) is 32.7 Å². The number of nitrogens with one attached hydrogen (secondary N) is 2. The second-order valence-electron chi connectivity index (χ2n) is 5.00. The van der Waals surface area contributed by atoms with Crippen molar-refractivity contribution in [2.75, 3.05) is 26.8 Å². The fraction of sp³-hybridized carbons (Fsp3) is 0.533. The van der Waals surface area contributed by atoms with Gasteiger partial charge in [0.05, 0.1) is 19.2 Å². The van der Waals surface area contributed by atoms with Gasteiger partial charge >= 0.3 is 0 Å². The summed E-state index contributed by atoms with van der Waals surface area (Å²) in [7, 11) is 1.66. The number of hydrogen-bond acceptors (Lipinski definition) is 3. The maximum absolute atomic E-state index is 11.7. The van der Waals surface area contributed by atoms with Gasteiger partial charge in [-0.25, -0.2) is 0 Å². The third-order valence-electron chi connectivity index (χ3n) is 2.75. The number of hydrogen-bond donors (Lipinski definition) is 2. The first-order chi connectivity index (χ1) is 9.13. The summed E-state index contributed by atoms with van der Waals surface area (Å²) in [5, 5.41) is 6.11. The summed E-state index contributed by atoms with van der Waals surface area (Å²) in [5.41, 5.74) is 1.13. The molecule has 2 N–H and O–H groups in total. The second kappa shape index (κ2) is 8.67. The summed E-state index contributed by atoms with van der Waals surface area (Å²) in [5.74, 6) is 0.485. The highest BCUT2D eigenvalue weighted by molar-refractivity contribution is 5.78. The SMILES string of the molecule is COCC(NCC(=O)NCC(C)C)c1ccccc1. The minimum absolute atomic E-state index is 0.0192. The van der Waals surface area contributed by atoms with Crippen molar-refractivity contribution >= 4 is 5.91 Å². The average Bonchev–Trinajstić information content (AvgIpc) is 2.42. The van der Waals surface area contributed by atoms with Gasteiger partial charge in [0.15, 0.2) is 0 Å². The maximum Gasteiger partial charge on any atom is 0.233 e. The van der Waals surface area contributed by atoms with E-state index in [9.17, 15) is 4.79 Å². The molecule has 0 fully saturated rings. The minimum Gasteiger partial charge on any atom is -0.383 e. The molecule has 0 aromatic heterocycles. The Hall–Kier alpha value is -1.39. The van der Waals surface area contributed by atoms with E-state index < -0.39 is 0 Å². The predicted octanol–water partition coefficient (Wildman–Crippen LogP) is 1.74. The molecule has 19 heavy (non-hydrogen) atoms. The largest absolute Gasteiger partial charge is 0.383 e. The van der Waals surface area contributed by atoms with Crippen LogP contribution in [0.4, 0.5) is 0 Å². The molecule has 0 saturated carbocycles. The zero-order chi connectivity index (χ0) is 14.1. The Labute approximate surface area is 115 Å². The van der Waals surface area contributed by atoms with Crippen molar-refractivity contribution in [2.45, 2.75) is 19.9 Å². The smallest absolute Gasteiger partial charge is 0.233 e. The normalized spacial score (nSPS) is 12.4. The van der Waals surface area contributed by atoms with E-state index in [-0.39, 0.29) is 11.9 Å². The van der Waals surface area contributed by atoms with Crippen molar-refractivity contribution in [1.82, 2.24) is 10.6 Å². The summed E-state index contributed by atoms with van der Waals surface area (Å²) in [4.78, 5) is 11.7. The quantitative estimate of drug-likeness (QED) is 0.752. The van der Waals surface area contributed by atoms with Gasteiger partial charge in [-0.15, -0.1) is 0 Å². The predicted molar refractivity (Wildman–Crippen MR) is 76.9 cm³/mol. The number of rotatable bonds is 8. The van der Waals surface area contributed by atoms with Gasteiger partial charge in [0, 0.05) is 13.7 Å². The summed E-state index contributed by atoms with van der Waals surface area (Å²) < 4.78 is 5.19. The number of carbonyl (C=O) groups is 1. The van der Waals surface area contributed by atoms with Crippen molar-refractivity contribution in [3.63, 3.8) is 0 Å². The first-order valence-corrected chi connectivity index (χ1v) is 6.67. The average molecular weight is 264 g/mol. The molecule has 4 heteroatoms. The Morgan fingerprint density at radius 2 is 1.95 bits per heavy atom. The molecule has 0 heterocycles. The molecule has 0 aliphatic heterocycles. The molecule has 0 aliphatic carbocycles. The third-order valence-corrected chi connectivity index (χ3v) is 2.75. The Kier molecular flexibility index (Phi) is 7.15. The van der Waals surface area contributed by atoms with Crippen LogP contribution in [0.3, 0.4) is 0 Å². The molecule has 1 unspecified atom stereocenters. The molecule has 0 bridgehead atoms. The molecular formula is C15H24N2O2. The molecule has 106 valence electrons. The number of carbonyl (C=O) groups excluding carboxylic acids is 1. The van der Waals surface area contributed by atoms with E-state index in [1.165, 1.54) is 0 Å². The highest BCUT2D eigenvalue weighted by atomic mass is 16.5. The van der Waals surface area contributed by atoms with Gasteiger partial charge < -0.3 is 10.1 Å². The van der Waals surface area contributed by atoms with E-state index in [4.69, 9.17) is 4.74 Å². The van der Waals surface area contributed by atoms with Gasteiger partial charge in [-0.05, 0) is 11.5 Å². The Morgan fingerprint density at radius 1 is 1.26 bits per heavy atom. The molecule has 1 amide bonds. The number of methoxy groups -OCH3 is 1. The highest BCUT2D eigenvalue weighted by Gasteiger charge is 2.12. The maximum atomic E-state index is 11.7. The first kappa shape index (κ1) is 15.7. The van der Waals surface area contributed by atoms with Crippen LogP contribution >= 0.6 is 0 Å². The third kappa shape index (κ3) is 6.36. The molecular weight excluding hydrogens is 240 g/mol. The van der Waals surface area contributed by atoms with Crippen LogP contribution < -0.4 is 10.6 Å². The van der Waals surface area contributed by atoms with E-state index >= 15 is 0 Å². The van der Waals surface area contributed by atoms with Crippen molar-refractivity contribution in [1.29, 1.82) is 0 Å². The van der Waals surface area contributed by atoms with Gasteiger partial charge in [-0.3, -0.25) is 10.1 Å². The monoisotopic (exact) mass is 264 g/mol. The van der Waals surface area contributed by atoms with Crippen LogP contribution in [0.2, 0.25) is 0 Å². The highest BCUT2D eigenvalue weighted by Crippen LogP contribution is 2.12. The van der Waals surface area contributed by atoms with E-state index in [1.807, 2.05) is 30.3 Å². The fourth-order valence-corrected chi connectivity index (χ4v) is 1.72. The van der Waals surface area contributed by atoms with Crippen LogP contribution in [0.15, 0.2) is 30.3 Å². The van der Waals surface area contributed by atoms with Crippen molar-refractivity contribution < 1.29 is 9.53 Å². The van der Waals surface area contributed by atoms with E-state index in [0.717, 1.165) is 5.56 Å². The summed E-state index contributed by atoms with van der Waals surface area (Å²) in [6.07, 6.45) is 0. The molecule has 0 radical (unpaired) electrons. The van der Waals surface area contributed by atoms with Crippen LogP contribution in [0, 0.1) is 5.92 Å². The molecule has 0 saturated heterocycles. The van der Waals surface area contributed by atoms with Crippen LogP contribution in [0.25, 0.3) is 0 Å². The Bertz CT molecular complexity index is 366. The van der Waals surface area contributed by atoms with Crippen molar-refractivity contribution in [3.05, 3.63) is 35.9 Å². The standard InChI is InChI=1S/C15H24N2O2/c1-12(2)9-17-15(18)10-16-14(11-19-3)13-7-5-4-6-8-13/h4-8,12,14,16H,9-11H2,1-3H3,(H,17,18). The minimum atomic E-state index is 0.0192. The molecule has 1 aromatic carbocycles. The van der Waals surface area contributed by atoms with Crippen molar-refractivity contribution in [2.24, 2.45) is 5.92 Å². The van der Waals surface area contributed by atoms with Crippen LogP contribution in [0.5, 0.6) is 0 Å². The van der Waals surface area contributed by atoms with E-state index in [0.29, 0.717) is 25.6 Å². The van der Waals surface area contributed by atoms with Crippen LogP contribution in [0.1, 0.15) is 25.5 Å². The van der Waals surface area contributed by atoms with E-state index in [2.05, 4.69) is 24.5 Å². The molecule has 1 rings (SSSR count). The Balaban J connectivity index is 2.44. The number of benzene rings is 1. The van der Waals surface area contributed by atoms with Gasteiger partial charge in [0.1, 0.15) is 0 Å². The first-order valence-electron chi connectivity index (χ1n) is 6.67. The lowest BCUT2D eigenvalue weighted by molar-refractivity contribution is -0.120. The topological polar surface area (TPSA) is 50.4 Å². The van der Waals surface area contributed by atoms with Gasteiger partial charge in [0.2, 0.25) is 5.91 Å². The number of amides is 1. The lowest BCUT2D eigenvalue weighted by Crippen LogP contribution is -2.38. The summed E-state index contributed by atoms with van der Waals surface area (Å²) >= 11 is 0. The lowest BCUT2D eigenvalue weighted by Gasteiger charge is -2.18. The van der Waals surface area contributed by atoms with Gasteiger partial charge in [-0.1, -0.05) is 44.2 Å². The van der Waals surface area contributed by atoms with Gasteiger partial charge in [0.25, 0.3) is 0 Å². The number of ether oxygens (including phenoxy) is 1. The fourth-order valence-electron chi connectivity index (χ4n) is 1.72. The molecule has 1 aromatic rings. The molecule has 0 aliphatic rings. The zero-order valence-corrected chi connectivity index (χ0v) is 12.0. The second-order valence-corrected chi connectivity index (χ2v) is 5.00. The lowest BCUT2D eigenvalue weighted by atomic mass is 10.1. The zero-order valence-electron chi connectivity index (χ0n) is 12.0. The summed E-state index contributed by atoms with van der Waals surface area (Å²) in [6.45, 7) is 5.70. The molecule has 1 atom stereocenters. The Morgan fingerprint density at radius 3 is 2.53 bits per heavy atom. The summed E-state index contributed by atoms with van der Waals surface area (Å²) in [6, 6.07) is 10.0.